The van der Waals surface area contributed by atoms with Crippen molar-refractivity contribution in [2.24, 2.45) is 0 Å². The van der Waals surface area contributed by atoms with Gasteiger partial charge < -0.3 is 0 Å². The lowest BCUT2D eigenvalue weighted by Crippen LogP contribution is -1.91. The van der Waals surface area contributed by atoms with Crippen molar-refractivity contribution in [1.29, 1.82) is 0 Å². The van der Waals surface area contributed by atoms with Gasteiger partial charge in [0.05, 0.1) is 15.5 Å². The summed E-state index contributed by atoms with van der Waals surface area (Å²) in [7, 11) is 0. The van der Waals surface area contributed by atoms with Gasteiger partial charge in [0.1, 0.15) is 5.02 Å². The number of pyridine rings is 1. The minimum Gasteiger partial charge on any atom is -0.258 e. The van der Waals surface area contributed by atoms with Crippen LogP contribution in [0.3, 0.4) is 0 Å². The number of nitro benzene ring substituents is 1. The molecule has 2 aromatic rings. The molecule has 2 rings (SSSR count). The summed E-state index contributed by atoms with van der Waals surface area (Å²) in [6.07, 6.45) is 1.55. The van der Waals surface area contributed by atoms with Crippen LogP contribution in [0.15, 0.2) is 24.4 Å². The van der Waals surface area contributed by atoms with Crippen LogP contribution in [0, 0.1) is 10.1 Å². The fourth-order valence-electron chi connectivity index (χ4n) is 1.28. The second-order valence-corrected chi connectivity index (χ2v) is 3.61. The Morgan fingerprint density at radius 2 is 2.07 bits per heavy atom. The zero-order chi connectivity index (χ0) is 11.0. The quantitative estimate of drug-likeness (QED) is 0.569. The molecule has 0 unspecified atom stereocenters. The van der Waals surface area contributed by atoms with E-state index in [4.69, 9.17) is 23.2 Å². The SMILES string of the molecule is O=[N+]([O-])c1cc2cccnc2c(Cl)c1Cl. The number of nitro groups is 1. The number of halogens is 2. The predicted molar refractivity (Wildman–Crippen MR) is 58.4 cm³/mol. The Morgan fingerprint density at radius 3 is 2.73 bits per heavy atom. The van der Waals surface area contributed by atoms with Crippen molar-refractivity contribution in [1.82, 2.24) is 4.98 Å². The Morgan fingerprint density at radius 1 is 1.33 bits per heavy atom. The molecule has 0 aliphatic rings. The van der Waals surface area contributed by atoms with Crippen LogP contribution in [0.25, 0.3) is 10.9 Å². The van der Waals surface area contributed by atoms with Crippen molar-refractivity contribution in [3.63, 3.8) is 0 Å². The van der Waals surface area contributed by atoms with E-state index in [1.807, 2.05) is 0 Å². The standard InChI is InChI=1S/C9H4Cl2N2O2/c10-7-6(13(14)15)4-5-2-1-3-12-9(5)8(7)11/h1-4H. The second kappa shape index (κ2) is 3.64. The van der Waals surface area contributed by atoms with Gasteiger partial charge in [0.25, 0.3) is 5.69 Å². The molecule has 6 heteroatoms. The highest BCUT2D eigenvalue weighted by molar-refractivity contribution is 6.46. The van der Waals surface area contributed by atoms with E-state index in [-0.39, 0.29) is 15.7 Å². The van der Waals surface area contributed by atoms with Crippen LogP contribution in [0.5, 0.6) is 0 Å². The maximum atomic E-state index is 10.7. The van der Waals surface area contributed by atoms with Crippen LogP contribution in [0.4, 0.5) is 5.69 Å². The minimum absolute atomic E-state index is 0.0760. The van der Waals surface area contributed by atoms with E-state index in [1.165, 1.54) is 6.07 Å². The number of nitrogens with zero attached hydrogens (tertiary/aromatic N) is 2. The smallest absolute Gasteiger partial charge is 0.258 e. The maximum Gasteiger partial charge on any atom is 0.290 e. The van der Waals surface area contributed by atoms with Crippen LogP contribution < -0.4 is 0 Å². The van der Waals surface area contributed by atoms with Gasteiger partial charge in [-0.25, -0.2) is 0 Å². The van der Waals surface area contributed by atoms with E-state index < -0.39 is 4.92 Å². The number of rotatable bonds is 1. The molecule has 0 fully saturated rings. The summed E-state index contributed by atoms with van der Waals surface area (Å²) in [5.41, 5.74) is 0.261. The summed E-state index contributed by atoms with van der Waals surface area (Å²) < 4.78 is 0. The molecular weight excluding hydrogens is 239 g/mol. The molecule has 1 aromatic carbocycles. The van der Waals surface area contributed by atoms with Gasteiger partial charge in [-0.15, -0.1) is 0 Å². The summed E-state index contributed by atoms with van der Waals surface area (Å²) in [4.78, 5) is 14.1. The lowest BCUT2D eigenvalue weighted by atomic mass is 10.2. The van der Waals surface area contributed by atoms with E-state index in [2.05, 4.69) is 4.98 Å². The van der Waals surface area contributed by atoms with Crippen LogP contribution in [-0.2, 0) is 0 Å². The Kier molecular flexibility index (Phi) is 2.46. The van der Waals surface area contributed by atoms with Crippen LogP contribution in [0.2, 0.25) is 10.0 Å². The number of aromatic nitrogens is 1. The molecule has 0 N–H and O–H groups in total. The summed E-state index contributed by atoms with van der Waals surface area (Å²) in [6, 6.07) is 4.73. The van der Waals surface area contributed by atoms with E-state index in [0.717, 1.165) is 0 Å². The molecule has 0 atom stereocenters. The maximum absolute atomic E-state index is 10.7. The molecule has 4 nitrogen and oxygen atoms in total. The van der Waals surface area contributed by atoms with Gasteiger partial charge in [-0.05, 0) is 6.07 Å². The molecule has 0 radical (unpaired) electrons. The topological polar surface area (TPSA) is 56.0 Å². The largest absolute Gasteiger partial charge is 0.290 e. The third-order valence-electron chi connectivity index (χ3n) is 1.95. The molecule has 1 heterocycles. The van der Waals surface area contributed by atoms with Crippen molar-refractivity contribution in [2.75, 3.05) is 0 Å². The minimum atomic E-state index is -0.569. The van der Waals surface area contributed by atoms with Gasteiger partial charge in [-0.3, -0.25) is 15.1 Å². The molecule has 0 saturated heterocycles. The molecule has 0 aliphatic heterocycles. The van der Waals surface area contributed by atoms with Gasteiger partial charge in [0.2, 0.25) is 0 Å². The first-order valence-corrected chi connectivity index (χ1v) is 4.74. The zero-order valence-electron chi connectivity index (χ0n) is 7.28. The fraction of sp³-hybridized carbons (Fsp3) is 0. The van der Waals surface area contributed by atoms with E-state index >= 15 is 0 Å². The molecule has 0 bridgehead atoms. The Balaban J connectivity index is 2.88. The van der Waals surface area contributed by atoms with Crippen molar-refractivity contribution in [3.8, 4) is 0 Å². The lowest BCUT2D eigenvalue weighted by Gasteiger charge is -2.02. The van der Waals surface area contributed by atoms with Gasteiger partial charge in [0.15, 0.2) is 0 Å². The second-order valence-electron chi connectivity index (χ2n) is 2.86. The summed E-state index contributed by atoms with van der Waals surface area (Å²) in [6.45, 7) is 0. The number of fused-ring (bicyclic) bond motifs is 1. The van der Waals surface area contributed by atoms with Crippen LogP contribution in [0.1, 0.15) is 0 Å². The molecule has 15 heavy (non-hydrogen) atoms. The molecule has 76 valence electrons. The van der Waals surface area contributed by atoms with Crippen molar-refractivity contribution in [3.05, 3.63) is 44.6 Å². The monoisotopic (exact) mass is 242 g/mol. The van der Waals surface area contributed by atoms with Crippen molar-refractivity contribution >= 4 is 39.8 Å². The number of hydrogen-bond donors (Lipinski definition) is 0. The zero-order valence-corrected chi connectivity index (χ0v) is 8.79. The summed E-state index contributed by atoms with van der Waals surface area (Å²) in [5.74, 6) is 0. The highest BCUT2D eigenvalue weighted by Gasteiger charge is 2.18. The average molecular weight is 243 g/mol. The van der Waals surface area contributed by atoms with Crippen LogP contribution in [-0.4, -0.2) is 9.91 Å². The fourth-order valence-corrected chi connectivity index (χ4v) is 1.75. The van der Waals surface area contributed by atoms with Gasteiger partial charge in [0, 0.05) is 17.6 Å². The summed E-state index contributed by atoms with van der Waals surface area (Å²) in [5, 5.41) is 11.3. The first-order chi connectivity index (χ1) is 7.11. The number of benzene rings is 1. The Hall–Kier alpha value is -1.39. The molecule has 0 amide bonds. The van der Waals surface area contributed by atoms with Crippen LogP contribution >= 0.6 is 23.2 Å². The first-order valence-electron chi connectivity index (χ1n) is 3.98. The van der Waals surface area contributed by atoms with E-state index in [0.29, 0.717) is 10.9 Å². The Bertz CT molecular complexity index is 557. The molecule has 0 saturated carbocycles. The normalized spacial score (nSPS) is 10.5. The lowest BCUT2D eigenvalue weighted by molar-refractivity contribution is -0.384. The van der Waals surface area contributed by atoms with Gasteiger partial charge >= 0.3 is 0 Å². The highest BCUT2D eigenvalue weighted by Crippen LogP contribution is 2.36. The first kappa shape index (κ1) is 10.1. The summed E-state index contributed by atoms with van der Waals surface area (Å²) >= 11 is 11.6. The highest BCUT2D eigenvalue weighted by atomic mass is 35.5. The molecule has 1 aromatic heterocycles. The van der Waals surface area contributed by atoms with Gasteiger partial charge in [-0.2, -0.15) is 0 Å². The third kappa shape index (κ3) is 1.62. The van der Waals surface area contributed by atoms with Crippen molar-refractivity contribution < 1.29 is 4.92 Å². The van der Waals surface area contributed by atoms with E-state index in [9.17, 15) is 10.1 Å². The Labute approximate surface area is 94.6 Å². The molecule has 0 aliphatic carbocycles. The average Bonchev–Trinajstić information content (AvgIpc) is 2.23. The third-order valence-corrected chi connectivity index (χ3v) is 2.80. The predicted octanol–water partition coefficient (Wildman–Crippen LogP) is 3.45. The van der Waals surface area contributed by atoms with Gasteiger partial charge in [-0.1, -0.05) is 29.3 Å². The van der Waals surface area contributed by atoms with Crippen molar-refractivity contribution in [2.45, 2.75) is 0 Å². The molecular formula is C9H4Cl2N2O2. The van der Waals surface area contributed by atoms with E-state index in [1.54, 1.807) is 18.3 Å². The molecule has 0 spiro atoms. The number of hydrogen-bond acceptors (Lipinski definition) is 3.